The Labute approximate surface area is 77.6 Å². The average Bonchev–Trinajstić information content (AvgIpc) is 2.29. The van der Waals surface area contributed by atoms with Crippen LogP contribution in [0.2, 0.25) is 0 Å². The summed E-state index contributed by atoms with van der Waals surface area (Å²) >= 11 is 1.88. The van der Waals surface area contributed by atoms with E-state index in [9.17, 15) is 0 Å². The van der Waals surface area contributed by atoms with Gasteiger partial charge in [-0.15, -0.1) is 11.8 Å². The Balaban J connectivity index is 2.49. The molecule has 1 rings (SSSR count). The van der Waals surface area contributed by atoms with Crippen LogP contribution in [0.1, 0.15) is 26.6 Å². The Kier molecular flexibility index (Phi) is 2.77. The van der Waals surface area contributed by atoms with E-state index in [0.29, 0.717) is 4.75 Å². The van der Waals surface area contributed by atoms with E-state index in [-0.39, 0.29) is 0 Å². The normalized spacial score (nSPS) is 12.0. The average molecular weight is 185 g/mol. The molecule has 0 aliphatic carbocycles. The molecule has 0 unspecified atom stereocenters. The van der Waals surface area contributed by atoms with E-state index in [1.807, 2.05) is 23.5 Å². The van der Waals surface area contributed by atoms with Gasteiger partial charge in [0.2, 0.25) is 0 Å². The molecule has 4 heteroatoms. The zero-order valence-electron chi connectivity index (χ0n) is 8.03. The maximum Gasteiger partial charge on any atom is 0.138 e. The number of thioether (sulfide) groups is 1. The molecule has 68 valence electrons. The van der Waals surface area contributed by atoms with Gasteiger partial charge in [-0.05, 0) is 0 Å². The smallest absolute Gasteiger partial charge is 0.138 e. The predicted molar refractivity (Wildman–Crippen MR) is 52.1 cm³/mol. The van der Waals surface area contributed by atoms with Crippen molar-refractivity contribution in [3.05, 3.63) is 12.2 Å². The van der Waals surface area contributed by atoms with Gasteiger partial charge in [0.15, 0.2) is 0 Å². The van der Waals surface area contributed by atoms with Crippen LogP contribution in [0.15, 0.2) is 6.33 Å². The first-order valence-corrected chi connectivity index (χ1v) is 4.94. The highest BCUT2D eigenvalue weighted by molar-refractivity contribution is 7.99. The molecule has 0 N–H and O–H groups in total. The summed E-state index contributed by atoms with van der Waals surface area (Å²) < 4.78 is 2.12. The molecule has 0 radical (unpaired) electrons. The first-order chi connectivity index (χ1) is 5.49. The van der Waals surface area contributed by atoms with Crippen molar-refractivity contribution in [3.63, 3.8) is 0 Å². The lowest BCUT2D eigenvalue weighted by Crippen LogP contribution is -2.09. The Morgan fingerprint density at radius 1 is 1.50 bits per heavy atom. The van der Waals surface area contributed by atoms with Gasteiger partial charge in [0.1, 0.15) is 12.2 Å². The van der Waals surface area contributed by atoms with Crippen molar-refractivity contribution in [2.75, 3.05) is 0 Å². The highest BCUT2D eigenvalue weighted by Crippen LogP contribution is 2.25. The molecule has 0 amide bonds. The monoisotopic (exact) mass is 185 g/mol. The maximum atomic E-state index is 4.15. The van der Waals surface area contributed by atoms with E-state index in [1.54, 1.807) is 6.33 Å². The number of nitrogens with zero attached hydrogens (tertiary/aromatic N) is 3. The second-order valence-electron chi connectivity index (χ2n) is 3.70. The van der Waals surface area contributed by atoms with Crippen molar-refractivity contribution in [3.8, 4) is 0 Å². The predicted octanol–water partition coefficient (Wildman–Crippen LogP) is 1.85. The van der Waals surface area contributed by atoms with E-state index >= 15 is 0 Å². The van der Waals surface area contributed by atoms with E-state index in [2.05, 4.69) is 30.9 Å². The molecule has 0 aliphatic heterocycles. The van der Waals surface area contributed by atoms with Gasteiger partial charge in [-0.3, -0.25) is 4.68 Å². The molecule has 1 heterocycles. The van der Waals surface area contributed by atoms with Crippen molar-refractivity contribution in [2.24, 2.45) is 7.05 Å². The fourth-order valence-corrected chi connectivity index (χ4v) is 1.56. The number of hydrogen-bond donors (Lipinski definition) is 0. The second kappa shape index (κ2) is 3.47. The topological polar surface area (TPSA) is 30.7 Å². The van der Waals surface area contributed by atoms with Crippen LogP contribution in [-0.4, -0.2) is 19.5 Å². The summed E-state index contributed by atoms with van der Waals surface area (Å²) in [4.78, 5) is 4.15. The molecule has 0 spiro atoms. The van der Waals surface area contributed by atoms with Crippen molar-refractivity contribution in [1.29, 1.82) is 0 Å². The Bertz CT molecular complexity index is 249. The van der Waals surface area contributed by atoms with Crippen LogP contribution in [0, 0.1) is 0 Å². The van der Waals surface area contributed by atoms with Crippen molar-refractivity contribution >= 4 is 11.8 Å². The molecule has 0 aromatic carbocycles. The molecule has 3 nitrogen and oxygen atoms in total. The number of aromatic nitrogens is 3. The lowest BCUT2D eigenvalue weighted by atomic mass is 10.3. The summed E-state index contributed by atoms with van der Waals surface area (Å²) in [6.45, 7) is 6.61. The van der Waals surface area contributed by atoms with E-state index < -0.39 is 0 Å². The Hall–Kier alpha value is -0.510. The maximum absolute atomic E-state index is 4.15. The van der Waals surface area contributed by atoms with Gasteiger partial charge in [-0.1, -0.05) is 20.8 Å². The Morgan fingerprint density at radius 3 is 2.58 bits per heavy atom. The van der Waals surface area contributed by atoms with E-state index in [1.165, 1.54) is 0 Å². The van der Waals surface area contributed by atoms with Gasteiger partial charge in [0, 0.05) is 11.8 Å². The van der Waals surface area contributed by atoms with Gasteiger partial charge < -0.3 is 0 Å². The lowest BCUT2D eigenvalue weighted by molar-refractivity contribution is 0.726. The molecule has 1 aromatic rings. The highest BCUT2D eigenvalue weighted by atomic mass is 32.2. The minimum Gasteiger partial charge on any atom is -0.252 e. The fourth-order valence-electron chi connectivity index (χ4n) is 0.732. The summed E-state index contributed by atoms with van der Waals surface area (Å²) in [6.07, 6.45) is 1.60. The summed E-state index contributed by atoms with van der Waals surface area (Å²) in [6, 6.07) is 0. The molecule has 0 saturated heterocycles. The van der Waals surface area contributed by atoms with Gasteiger partial charge in [0.05, 0.1) is 5.75 Å². The zero-order valence-corrected chi connectivity index (χ0v) is 8.85. The number of hydrogen-bond acceptors (Lipinski definition) is 3. The van der Waals surface area contributed by atoms with Gasteiger partial charge in [0.25, 0.3) is 0 Å². The largest absolute Gasteiger partial charge is 0.252 e. The number of rotatable bonds is 2. The van der Waals surface area contributed by atoms with Crippen molar-refractivity contribution in [2.45, 2.75) is 31.3 Å². The summed E-state index contributed by atoms with van der Waals surface area (Å²) in [7, 11) is 1.92. The molecule has 0 saturated carbocycles. The van der Waals surface area contributed by atoms with Crippen LogP contribution in [-0.2, 0) is 12.8 Å². The number of aryl methyl sites for hydroxylation is 1. The Morgan fingerprint density at radius 2 is 2.17 bits per heavy atom. The van der Waals surface area contributed by atoms with Crippen LogP contribution in [0.3, 0.4) is 0 Å². The summed E-state index contributed by atoms with van der Waals surface area (Å²) in [5.41, 5.74) is 0. The van der Waals surface area contributed by atoms with Crippen LogP contribution in [0.4, 0.5) is 0 Å². The van der Waals surface area contributed by atoms with Crippen LogP contribution < -0.4 is 0 Å². The first-order valence-electron chi connectivity index (χ1n) is 3.96. The third-order valence-corrected chi connectivity index (χ3v) is 2.71. The SMILES string of the molecule is Cn1ncnc1CSC(C)(C)C. The summed E-state index contributed by atoms with van der Waals surface area (Å²) in [5, 5.41) is 4.01. The molecule has 0 atom stereocenters. The molecule has 0 bridgehead atoms. The fraction of sp³-hybridized carbons (Fsp3) is 0.750. The standard InChI is InChI=1S/C8H15N3S/c1-8(2,3)12-5-7-9-6-10-11(7)4/h6H,5H2,1-4H3. The molecule has 1 aromatic heterocycles. The van der Waals surface area contributed by atoms with E-state index in [4.69, 9.17) is 0 Å². The second-order valence-corrected chi connectivity index (χ2v) is 5.50. The van der Waals surface area contributed by atoms with Gasteiger partial charge in [-0.25, -0.2) is 4.98 Å². The third-order valence-electron chi connectivity index (χ3n) is 1.44. The van der Waals surface area contributed by atoms with Crippen molar-refractivity contribution < 1.29 is 0 Å². The van der Waals surface area contributed by atoms with E-state index in [0.717, 1.165) is 11.6 Å². The minimum absolute atomic E-state index is 0.298. The van der Waals surface area contributed by atoms with Crippen LogP contribution >= 0.6 is 11.8 Å². The lowest BCUT2D eigenvalue weighted by Gasteiger charge is -2.16. The van der Waals surface area contributed by atoms with Crippen molar-refractivity contribution in [1.82, 2.24) is 14.8 Å². The van der Waals surface area contributed by atoms with Gasteiger partial charge in [-0.2, -0.15) is 5.10 Å². The van der Waals surface area contributed by atoms with Crippen LogP contribution in [0.5, 0.6) is 0 Å². The zero-order chi connectivity index (χ0) is 9.19. The molecular formula is C8H15N3S. The highest BCUT2D eigenvalue weighted by Gasteiger charge is 2.12. The van der Waals surface area contributed by atoms with Crippen LogP contribution in [0.25, 0.3) is 0 Å². The molecule has 0 aliphatic rings. The van der Waals surface area contributed by atoms with Gasteiger partial charge >= 0.3 is 0 Å². The molecule has 0 fully saturated rings. The molecule has 12 heavy (non-hydrogen) atoms. The molecular weight excluding hydrogens is 170 g/mol. The first kappa shape index (κ1) is 9.58. The minimum atomic E-state index is 0.298. The quantitative estimate of drug-likeness (QED) is 0.704. The summed E-state index contributed by atoms with van der Waals surface area (Å²) in [5.74, 6) is 1.97. The third kappa shape index (κ3) is 2.85.